The van der Waals surface area contributed by atoms with Crippen LogP contribution in [0.4, 0.5) is 0 Å². The van der Waals surface area contributed by atoms with E-state index in [4.69, 9.17) is 34.6 Å². The molecule has 1 radical (unpaired) electrons. The average molecular weight is 1740 g/mol. The second-order valence-electron chi connectivity index (χ2n) is 26.7. The molecule has 2 aromatic rings. The molecule has 0 spiro atoms. The number of fused-ring (bicyclic) bond motifs is 4. The van der Waals surface area contributed by atoms with Crippen molar-refractivity contribution < 1.29 is 144 Å². The van der Waals surface area contributed by atoms with Crippen LogP contribution >= 0.6 is 30.9 Å². The molecule has 6 atom stereocenters. The van der Waals surface area contributed by atoms with Crippen molar-refractivity contribution in [1.82, 2.24) is 9.80 Å². The quantitative estimate of drug-likeness (QED) is 0.0180. The summed E-state index contributed by atoms with van der Waals surface area (Å²) in [6.07, 6.45) is 20.6. The van der Waals surface area contributed by atoms with Gasteiger partial charge in [-0.15, -0.1) is 0 Å². The van der Waals surface area contributed by atoms with Crippen LogP contribution in [0.25, 0.3) is 0 Å². The van der Waals surface area contributed by atoms with E-state index in [1.165, 1.54) is 12.5 Å². The summed E-state index contributed by atoms with van der Waals surface area (Å²) < 4.78 is 16.4. The largest absolute Gasteiger partial charge is 0.351 e. The summed E-state index contributed by atoms with van der Waals surface area (Å²) in [7, 11) is -11.9. The first kappa shape index (κ1) is 110. The Bertz CT molecular complexity index is 2220. The number of hydrogen-bond acceptors (Lipinski definition) is 18. The number of rotatable bonds is 26. The Hall–Kier alpha value is -0.696. The fraction of sp³-hybridized carbons (Fsp3) is 0.712. The Balaban J connectivity index is -0.000000252. The van der Waals surface area contributed by atoms with Gasteiger partial charge in [0.05, 0.1) is 25.3 Å². The van der Waals surface area contributed by atoms with Crippen molar-refractivity contribution in [2.24, 2.45) is 11.8 Å². The van der Waals surface area contributed by atoms with E-state index < -0.39 is 38.9 Å². The number of nitrogens with zero attached hydrogens (tertiary/aromatic N) is 2. The molecule has 4 fully saturated rings. The minimum Gasteiger partial charge on any atom is -0.351 e. The molecule has 3 saturated heterocycles. The van der Waals surface area contributed by atoms with Crippen LogP contribution in [-0.4, -0.2) is 203 Å². The second kappa shape index (κ2) is 65.4. The molecular formula is C73H146LaN2O18P4PdSi. The Morgan fingerprint density at radius 3 is 1.13 bits per heavy atom. The SMILES string of the molecule is C=C(COC(C)=O)C[Si](C)(C)C.C=C1CC2C(=O)N3C(CO[C@H]3c3ccccc3)[C@H]2C1.CCCO.CCCO.CCCO.CCCO.CCC[PH](O)(O)CCC.CCC[PH](O)(O)CCC.CCC[PH](O)(O)CCC.CCC[PH](O)(O)CCC.O=C1C=CC2CO[C@@H](c3ccccc3)N12.[La].[Pd]. The summed E-state index contributed by atoms with van der Waals surface area (Å²) in [4.78, 5) is 112. The number of esters is 1. The normalized spacial score (nSPS) is 18.7. The molecule has 27 heteroatoms. The van der Waals surface area contributed by atoms with Gasteiger partial charge in [-0.05, 0) is 56.1 Å². The molecule has 1 aliphatic carbocycles. The third-order valence-corrected chi connectivity index (χ3v) is 26.9. The number of allylic oxidation sites excluding steroid dienone is 1. The molecule has 100 heavy (non-hydrogen) atoms. The van der Waals surface area contributed by atoms with E-state index in [0.717, 1.165) is 113 Å². The molecular weight excluding hydrogens is 1590 g/mol. The molecule has 2 amide bonds. The number of aliphatic hydroxyl groups is 4. The molecule has 0 aromatic heterocycles. The summed E-state index contributed by atoms with van der Waals surface area (Å²) >= 11 is 0. The number of benzene rings is 2. The minimum atomic E-state index is -2.70. The number of carbonyl (C=O) groups is 3. The number of carbonyl (C=O) groups excluding carboxylic acids is 3. The number of hydrogen-bond donors (Lipinski definition) is 12. The fourth-order valence-electron chi connectivity index (χ4n) is 10.7. The first-order valence-electron chi connectivity index (χ1n) is 36.4. The van der Waals surface area contributed by atoms with Crippen molar-refractivity contribution >= 4 is 56.7 Å². The van der Waals surface area contributed by atoms with Gasteiger partial charge in [-0.25, -0.2) is 0 Å². The standard InChI is InChI=1S/C16H17NO2.C12H11NO2.C9H18O2Si.4C6H17O2P.4C3H8O.La.Pd/c1-10-7-12-13(8-10)15(18)17-14(12)9-19-16(17)11-5-3-2-4-6-11;14-11-7-6-10-8-15-12(13(10)11)9-4-2-1-3-5-9;1-8(6-11-9(2)10)7-12(3,4)5;4*1-3-5-9(7,8)6-4-2;4*1-2-3-4;;/h2-6,12-14,16H,1,7-9H2;1-7,10,12H,8H2;1,6-7H2,2-5H3;4*7-9H,3-6H2,1-2H3;4*4H,2-3H2,1H3;;/t12-,13?,14?,16-;10?,12-;;;;;;;;;;;/m00.........../s1. The summed E-state index contributed by atoms with van der Waals surface area (Å²) in [6, 6.07) is 21.3. The maximum atomic E-state index is 12.6. The average Bonchev–Trinajstić information content (AvgIpc) is 1.58. The van der Waals surface area contributed by atoms with E-state index in [9.17, 15) is 53.5 Å². The van der Waals surface area contributed by atoms with Crippen LogP contribution in [0.3, 0.4) is 0 Å². The molecule has 5 aliphatic rings. The Morgan fingerprint density at radius 2 is 0.840 bits per heavy atom. The van der Waals surface area contributed by atoms with Gasteiger partial charge in [0.1, 0.15) is 6.61 Å². The first-order valence-corrected chi connectivity index (χ1v) is 49.4. The van der Waals surface area contributed by atoms with E-state index in [1.807, 2.05) is 155 Å². The Morgan fingerprint density at radius 1 is 0.530 bits per heavy atom. The van der Waals surface area contributed by atoms with Crippen molar-refractivity contribution in [2.75, 3.05) is 95.5 Å². The summed E-state index contributed by atoms with van der Waals surface area (Å²) in [5.74, 6) is 0.666. The van der Waals surface area contributed by atoms with E-state index in [2.05, 4.69) is 32.8 Å². The van der Waals surface area contributed by atoms with Crippen LogP contribution in [0.5, 0.6) is 0 Å². The van der Waals surface area contributed by atoms with Gasteiger partial charge < -0.3 is 44.4 Å². The van der Waals surface area contributed by atoms with Crippen LogP contribution in [0, 0.1) is 47.4 Å². The summed E-state index contributed by atoms with van der Waals surface area (Å²) in [6.45, 7) is 42.6. The maximum absolute atomic E-state index is 12.6. The van der Waals surface area contributed by atoms with Gasteiger partial charge in [-0.1, -0.05) is 133 Å². The van der Waals surface area contributed by atoms with Crippen LogP contribution in [0.1, 0.15) is 203 Å². The Labute approximate surface area is 651 Å². The molecule has 3 unspecified atom stereocenters. The number of ether oxygens (including phenoxy) is 3. The molecule has 7 rings (SSSR count). The second-order valence-corrected chi connectivity index (χ2v) is 44.0. The Kier molecular flexibility index (Phi) is 72.1. The summed E-state index contributed by atoms with van der Waals surface area (Å²) in [5.41, 5.74) is 4.38. The molecule has 12 N–H and O–H groups in total. The number of aliphatic hydroxyl groups excluding tert-OH is 4. The molecule has 593 valence electrons. The van der Waals surface area contributed by atoms with Gasteiger partial charge in [0, 0.05) is 121 Å². The zero-order valence-electron chi connectivity index (χ0n) is 64.6. The van der Waals surface area contributed by atoms with Crippen LogP contribution < -0.4 is 0 Å². The molecule has 2 aromatic carbocycles. The predicted molar refractivity (Wildman–Crippen MR) is 422 cm³/mol. The third kappa shape index (κ3) is 54.8. The molecule has 20 nitrogen and oxygen atoms in total. The van der Waals surface area contributed by atoms with Gasteiger partial charge in [0.25, 0.3) is 0 Å². The van der Waals surface area contributed by atoms with Crippen molar-refractivity contribution in [3.8, 4) is 0 Å². The van der Waals surface area contributed by atoms with E-state index in [0.29, 0.717) is 101 Å². The van der Waals surface area contributed by atoms with Crippen molar-refractivity contribution in [3.05, 3.63) is 108 Å². The van der Waals surface area contributed by atoms with Crippen molar-refractivity contribution in [3.63, 3.8) is 0 Å². The minimum absolute atomic E-state index is 0. The molecule has 0 bridgehead atoms. The number of amides is 2. The zero-order chi connectivity index (χ0) is 76.0. The predicted octanol–water partition coefficient (Wildman–Crippen LogP) is 13.5. The van der Waals surface area contributed by atoms with Gasteiger partial charge in [0.2, 0.25) is 11.8 Å². The topological polar surface area (TPSA) is 328 Å². The summed E-state index contributed by atoms with van der Waals surface area (Å²) in [5, 5.41) is 31.5. The fourth-order valence-corrected chi connectivity index (χ4v) is 19.7. The van der Waals surface area contributed by atoms with E-state index in [1.54, 1.807) is 11.0 Å². The van der Waals surface area contributed by atoms with Gasteiger partial charge in [0.15, 0.2) is 12.5 Å². The van der Waals surface area contributed by atoms with E-state index in [-0.39, 0.29) is 104 Å². The van der Waals surface area contributed by atoms with Gasteiger partial charge in [-0.3, -0.25) is 14.4 Å². The van der Waals surface area contributed by atoms with Gasteiger partial charge >= 0.3 is 232 Å². The van der Waals surface area contributed by atoms with Crippen molar-refractivity contribution in [2.45, 2.75) is 230 Å². The van der Waals surface area contributed by atoms with E-state index >= 15 is 0 Å². The third-order valence-electron chi connectivity index (χ3n) is 14.9. The smallest absolute Gasteiger partial charge is 0.249 e. The zero-order valence-corrected chi connectivity index (χ0v) is 74.8. The van der Waals surface area contributed by atoms with Gasteiger partial charge in [-0.2, -0.15) is 0 Å². The van der Waals surface area contributed by atoms with Crippen molar-refractivity contribution in [1.29, 1.82) is 0 Å². The van der Waals surface area contributed by atoms with Crippen LogP contribution in [0.2, 0.25) is 25.7 Å². The monoisotopic (exact) mass is 1740 g/mol. The molecule has 4 heterocycles. The first-order chi connectivity index (χ1) is 46.1. The molecule has 1 saturated carbocycles. The molecule has 4 aliphatic heterocycles. The van der Waals surface area contributed by atoms with Crippen LogP contribution in [-0.2, 0) is 49.0 Å². The maximum Gasteiger partial charge on any atom is 0.249 e. The van der Waals surface area contributed by atoms with Crippen LogP contribution in [0.15, 0.2) is 97.1 Å².